The maximum Gasteiger partial charge on any atom is 0.265 e. The number of amides is 3. The molecule has 0 bridgehead atoms. The fourth-order valence-corrected chi connectivity index (χ4v) is 8.20. The first-order valence-electron chi connectivity index (χ1n) is 16.8. The molecule has 0 unspecified atom stereocenters. The first-order chi connectivity index (χ1) is 24.7. The van der Waals surface area contributed by atoms with Gasteiger partial charge in [-0.1, -0.05) is 0 Å². The molecule has 0 radical (unpaired) electrons. The monoisotopic (exact) mass is 703 g/mol. The summed E-state index contributed by atoms with van der Waals surface area (Å²) in [6, 6.07) is 16.4. The average molecular weight is 704 g/mol. The molecular weight excluding hydrogens is 670 g/mol. The van der Waals surface area contributed by atoms with Gasteiger partial charge in [-0.15, -0.1) is 11.3 Å². The quantitative estimate of drug-likeness (QED) is 0.209. The Hall–Kier alpha value is -5.53. The number of pyridine rings is 1. The minimum atomic E-state index is -0.473. The predicted molar refractivity (Wildman–Crippen MR) is 193 cm³/mol. The first-order valence-corrected chi connectivity index (χ1v) is 17.6. The molecule has 11 nitrogen and oxygen atoms in total. The molecular formula is C38H34FN7O4S. The number of nitrogens with one attached hydrogen (secondary N) is 2. The van der Waals surface area contributed by atoms with Gasteiger partial charge in [-0.05, 0) is 98.0 Å². The predicted octanol–water partition coefficient (Wildman–Crippen LogP) is 6.37. The lowest BCUT2D eigenvalue weighted by molar-refractivity contribution is -0.000511. The van der Waals surface area contributed by atoms with Crippen molar-refractivity contribution < 1.29 is 23.5 Å². The Labute approximate surface area is 297 Å². The highest BCUT2D eigenvalue weighted by Crippen LogP contribution is 2.44. The van der Waals surface area contributed by atoms with Crippen molar-refractivity contribution in [3.8, 4) is 10.4 Å². The molecule has 2 saturated heterocycles. The first kappa shape index (κ1) is 32.7. The van der Waals surface area contributed by atoms with Gasteiger partial charge >= 0.3 is 0 Å². The van der Waals surface area contributed by atoms with E-state index in [-0.39, 0.29) is 29.7 Å². The van der Waals surface area contributed by atoms with Gasteiger partial charge in [-0.2, -0.15) is 10.2 Å². The molecule has 3 aromatic heterocycles. The third-order valence-corrected chi connectivity index (χ3v) is 11.0. The Morgan fingerprint density at radius 1 is 0.902 bits per heavy atom. The molecule has 13 heteroatoms. The zero-order valence-corrected chi connectivity index (χ0v) is 28.6. The molecule has 3 aliphatic rings. The third-order valence-electron chi connectivity index (χ3n) is 9.76. The number of halogens is 1. The summed E-state index contributed by atoms with van der Waals surface area (Å²) in [6.45, 7) is 5.42. The van der Waals surface area contributed by atoms with Crippen LogP contribution in [0.25, 0.3) is 10.4 Å². The van der Waals surface area contributed by atoms with E-state index in [1.807, 2.05) is 19.1 Å². The van der Waals surface area contributed by atoms with Crippen molar-refractivity contribution in [1.82, 2.24) is 15.2 Å². The highest BCUT2D eigenvalue weighted by molar-refractivity contribution is 7.17. The molecule has 3 amide bonds. The van der Waals surface area contributed by atoms with E-state index in [0.29, 0.717) is 50.9 Å². The van der Waals surface area contributed by atoms with Gasteiger partial charge in [0.1, 0.15) is 11.6 Å². The van der Waals surface area contributed by atoms with Crippen LogP contribution in [0, 0.1) is 18.2 Å². The number of nitrogens with zero attached hydrogens (tertiary/aromatic N) is 5. The molecule has 2 N–H and O–H groups in total. The van der Waals surface area contributed by atoms with Gasteiger partial charge in [-0.3, -0.25) is 14.4 Å². The Morgan fingerprint density at radius 3 is 2.45 bits per heavy atom. The SMILES string of the molecule is Cc1cnc(N2CC3(CCOCC3)C2)c(C(=O)Nc2ccc(C(=O)N3CCc4cc(C(=O)Nc5ccnnc5)sc4-c4ccc(F)cc43)cc2)c1. The van der Waals surface area contributed by atoms with Crippen molar-refractivity contribution in [2.24, 2.45) is 5.41 Å². The summed E-state index contributed by atoms with van der Waals surface area (Å²) in [4.78, 5) is 50.3. The zero-order chi connectivity index (χ0) is 35.1. The van der Waals surface area contributed by atoms with Crippen LogP contribution >= 0.6 is 11.3 Å². The smallest absolute Gasteiger partial charge is 0.265 e. The molecule has 6 heterocycles. The van der Waals surface area contributed by atoms with Gasteiger partial charge in [-0.25, -0.2) is 9.37 Å². The molecule has 2 fully saturated rings. The van der Waals surface area contributed by atoms with Gasteiger partial charge in [0.2, 0.25) is 0 Å². The maximum atomic E-state index is 14.7. The number of carbonyl (C=O) groups excluding carboxylic acids is 3. The summed E-state index contributed by atoms with van der Waals surface area (Å²) in [7, 11) is 0. The number of hydrogen-bond acceptors (Lipinski definition) is 9. The summed E-state index contributed by atoms with van der Waals surface area (Å²) in [5.41, 5.74) is 5.05. The second kappa shape index (κ2) is 13.3. The normalized spacial score (nSPS) is 16.0. The zero-order valence-electron chi connectivity index (χ0n) is 27.8. The van der Waals surface area contributed by atoms with E-state index < -0.39 is 5.82 Å². The van der Waals surface area contributed by atoms with Crippen LogP contribution in [0.15, 0.2) is 79.3 Å². The molecule has 1 spiro atoms. The average Bonchev–Trinajstić information content (AvgIpc) is 3.50. The van der Waals surface area contributed by atoms with Gasteiger partial charge in [0.25, 0.3) is 17.7 Å². The Kier molecular flexibility index (Phi) is 8.52. The molecule has 0 saturated carbocycles. The molecule has 2 aromatic carbocycles. The Bertz CT molecular complexity index is 2140. The highest BCUT2D eigenvalue weighted by atomic mass is 32.1. The Balaban J connectivity index is 0.988. The van der Waals surface area contributed by atoms with Gasteiger partial charge < -0.3 is 25.2 Å². The summed E-state index contributed by atoms with van der Waals surface area (Å²) < 4.78 is 20.2. The molecule has 5 aromatic rings. The van der Waals surface area contributed by atoms with Crippen LogP contribution in [0.1, 0.15) is 54.4 Å². The van der Waals surface area contributed by atoms with Gasteiger partial charge in [0.15, 0.2) is 0 Å². The second-order valence-corrected chi connectivity index (χ2v) is 14.4. The second-order valence-electron chi connectivity index (χ2n) is 13.3. The van der Waals surface area contributed by atoms with Crippen molar-refractivity contribution >= 4 is 51.9 Å². The van der Waals surface area contributed by atoms with E-state index in [0.717, 1.165) is 55.1 Å². The largest absolute Gasteiger partial charge is 0.381 e. The summed E-state index contributed by atoms with van der Waals surface area (Å²) in [5, 5.41) is 13.3. The number of fused-ring (bicyclic) bond motifs is 3. The van der Waals surface area contributed by atoms with E-state index in [1.54, 1.807) is 47.5 Å². The molecule has 0 aliphatic carbocycles. The molecule has 258 valence electrons. The molecule has 0 atom stereocenters. The van der Waals surface area contributed by atoms with Crippen LogP contribution in [0.5, 0.6) is 0 Å². The Morgan fingerprint density at radius 2 is 1.69 bits per heavy atom. The van der Waals surface area contributed by atoms with Crippen molar-refractivity contribution in [1.29, 1.82) is 0 Å². The van der Waals surface area contributed by atoms with Crippen molar-refractivity contribution in [3.63, 3.8) is 0 Å². The number of ether oxygens (including phenoxy) is 1. The molecule has 51 heavy (non-hydrogen) atoms. The number of anilines is 4. The minimum absolute atomic E-state index is 0.227. The lowest BCUT2D eigenvalue weighted by Gasteiger charge is -2.53. The van der Waals surface area contributed by atoms with Crippen LogP contribution in [0.2, 0.25) is 0 Å². The maximum absolute atomic E-state index is 14.7. The number of carbonyl (C=O) groups is 3. The van der Waals surface area contributed by atoms with Crippen molar-refractivity contribution in [3.05, 3.63) is 112 Å². The number of thiophene rings is 1. The van der Waals surface area contributed by atoms with Crippen molar-refractivity contribution in [2.45, 2.75) is 26.2 Å². The summed E-state index contributed by atoms with van der Waals surface area (Å²) in [5.74, 6) is -0.672. The minimum Gasteiger partial charge on any atom is -0.381 e. The van der Waals surface area contributed by atoms with Crippen LogP contribution in [0.4, 0.5) is 27.3 Å². The molecule has 8 rings (SSSR count). The van der Waals surface area contributed by atoms with E-state index in [9.17, 15) is 18.8 Å². The lowest BCUT2D eigenvalue weighted by atomic mass is 9.73. The molecule has 3 aliphatic heterocycles. The standard InChI is InChI=1S/C38H34FN7O4S/c1-23-16-30(34(40-19-23)45-21-38(22-45)10-14-50-15-11-38)35(47)43-27-5-2-24(3-6-27)37(49)46-13-9-25-17-32(36(48)44-28-8-12-41-42-20-28)51-33(25)29-7-4-26(39)18-31(29)46/h2-8,12,16-20H,9-11,13-15,21-22H2,1H3,(H,43,47)(H,41,44,48). The number of hydrogen-bond donors (Lipinski definition) is 2. The van der Waals surface area contributed by atoms with Crippen LogP contribution in [-0.4, -0.2) is 65.8 Å². The van der Waals surface area contributed by atoms with Crippen LogP contribution in [-0.2, 0) is 11.2 Å². The van der Waals surface area contributed by atoms with E-state index in [4.69, 9.17) is 4.74 Å². The lowest BCUT2D eigenvalue weighted by Crippen LogP contribution is -2.59. The van der Waals surface area contributed by atoms with Gasteiger partial charge in [0, 0.05) is 66.2 Å². The highest BCUT2D eigenvalue weighted by Gasteiger charge is 2.45. The fourth-order valence-electron chi connectivity index (χ4n) is 7.06. The summed E-state index contributed by atoms with van der Waals surface area (Å²) in [6.07, 6.45) is 7.23. The van der Waals surface area contributed by atoms with E-state index in [1.165, 1.54) is 35.9 Å². The van der Waals surface area contributed by atoms with E-state index >= 15 is 0 Å². The number of aromatic nitrogens is 3. The number of benzene rings is 2. The summed E-state index contributed by atoms with van der Waals surface area (Å²) >= 11 is 1.29. The van der Waals surface area contributed by atoms with Crippen LogP contribution < -0.4 is 20.4 Å². The van der Waals surface area contributed by atoms with E-state index in [2.05, 4.69) is 30.7 Å². The topological polar surface area (TPSA) is 130 Å². The third kappa shape index (κ3) is 6.46. The fraction of sp³-hybridized carbons (Fsp3) is 0.263. The van der Waals surface area contributed by atoms with Gasteiger partial charge in [0.05, 0.1) is 34.2 Å². The number of rotatable bonds is 6. The number of aryl methyl sites for hydroxylation is 1. The van der Waals surface area contributed by atoms with Crippen LogP contribution in [0.3, 0.4) is 0 Å². The van der Waals surface area contributed by atoms with Crippen molar-refractivity contribution in [2.75, 3.05) is 53.3 Å².